The van der Waals surface area contributed by atoms with Gasteiger partial charge in [-0.15, -0.1) is 0 Å². The van der Waals surface area contributed by atoms with Gasteiger partial charge in [0.25, 0.3) is 0 Å². The summed E-state index contributed by atoms with van der Waals surface area (Å²) in [7, 11) is 2.14. The van der Waals surface area contributed by atoms with Gasteiger partial charge < -0.3 is 0 Å². The minimum atomic E-state index is 0.903. The standard InChI is InChI=1S/C9H16IN/c1-8-3-5-9(6-4-8)7-11(2)10/h3,9H,4-7H2,1-2H3. The fourth-order valence-corrected chi connectivity index (χ4v) is 2.10. The van der Waals surface area contributed by atoms with Crippen LogP contribution >= 0.6 is 22.9 Å². The fourth-order valence-electron chi connectivity index (χ4n) is 1.54. The summed E-state index contributed by atoms with van der Waals surface area (Å²) < 4.78 is 2.26. The molecule has 1 aliphatic carbocycles. The molecule has 0 N–H and O–H groups in total. The highest BCUT2D eigenvalue weighted by molar-refractivity contribution is 14.1. The van der Waals surface area contributed by atoms with Crippen LogP contribution in [0.5, 0.6) is 0 Å². The van der Waals surface area contributed by atoms with E-state index in [4.69, 9.17) is 0 Å². The third-order valence-electron chi connectivity index (χ3n) is 2.26. The van der Waals surface area contributed by atoms with Crippen molar-refractivity contribution in [1.29, 1.82) is 0 Å². The largest absolute Gasteiger partial charge is 0.250 e. The molecule has 1 unspecified atom stereocenters. The van der Waals surface area contributed by atoms with E-state index in [0.717, 1.165) is 5.92 Å². The fraction of sp³-hybridized carbons (Fsp3) is 0.778. The smallest absolute Gasteiger partial charge is 0.0198 e. The highest BCUT2D eigenvalue weighted by Crippen LogP contribution is 2.24. The van der Waals surface area contributed by atoms with E-state index in [1.807, 2.05) is 0 Å². The van der Waals surface area contributed by atoms with Crippen molar-refractivity contribution in [1.82, 2.24) is 3.11 Å². The number of allylic oxidation sites excluding steroid dienone is 2. The van der Waals surface area contributed by atoms with Crippen LogP contribution in [-0.4, -0.2) is 16.7 Å². The number of hydrogen-bond donors (Lipinski definition) is 0. The molecule has 0 saturated heterocycles. The van der Waals surface area contributed by atoms with Crippen molar-refractivity contribution in [3.05, 3.63) is 11.6 Å². The maximum atomic E-state index is 2.40. The van der Waals surface area contributed by atoms with Crippen molar-refractivity contribution in [2.45, 2.75) is 26.2 Å². The third kappa shape index (κ3) is 3.56. The second-order valence-corrected chi connectivity index (χ2v) is 5.13. The van der Waals surface area contributed by atoms with Crippen LogP contribution in [0.4, 0.5) is 0 Å². The summed E-state index contributed by atoms with van der Waals surface area (Å²) in [6.45, 7) is 3.48. The molecule has 0 amide bonds. The Hall–Kier alpha value is 0.430. The Morgan fingerprint density at radius 3 is 2.91 bits per heavy atom. The van der Waals surface area contributed by atoms with Gasteiger partial charge in [-0.1, -0.05) is 11.6 Å². The van der Waals surface area contributed by atoms with Crippen molar-refractivity contribution in [2.24, 2.45) is 5.92 Å². The van der Waals surface area contributed by atoms with E-state index in [2.05, 4.69) is 46.0 Å². The Balaban J connectivity index is 2.29. The van der Waals surface area contributed by atoms with Gasteiger partial charge in [-0.05, 0) is 39.2 Å². The molecule has 0 radical (unpaired) electrons. The van der Waals surface area contributed by atoms with Crippen molar-refractivity contribution < 1.29 is 0 Å². The van der Waals surface area contributed by atoms with E-state index >= 15 is 0 Å². The molecule has 0 aromatic carbocycles. The molecular weight excluding hydrogens is 249 g/mol. The molecule has 0 fully saturated rings. The minimum Gasteiger partial charge on any atom is -0.250 e. The molecular formula is C9H16IN. The molecule has 1 aliphatic rings. The Kier molecular flexibility index (Phi) is 3.85. The predicted octanol–water partition coefficient (Wildman–Crippen LogP) is 3.01. The summed E-state index contributed by atoms with van der Waals surface area (Å²) in [5.74, 6) is 0.903. The van der Waals surface area contributed by atoms with E-state index in [9.17, 15) is 0 Å². The van der Waals surface area contributed by atoms with E-state index in [1.54, 1.807) is 5.57 Å². The molecule has 0 aliphatic heterocycles. The molecule has 0 aromatic heterocycles. The third-order valence-corrected chi connectivity index (χ3v) is 2.65. The monoisotopic (exact) mass is 265 g/mol. The molecule has 1 nitrogen and oxygen atoms in total. The first kappa shape index (κ1) is 9.52. The first-order chi connectivity index (χ1) is 5.18. The summed E-state index contributed by atoms with van der Waals surface area (Å²) in [6, 6.07) is 0. The second kappa shape index (κ2) is 4.45. The molecule has 0 heterocycles. The molecule has 0 bridgehead atoms. The van der Waals surface area contributed by atoms with E-state index < -0.39 is 0 Å². The lowest BCUT2D eigenvalue weighted by Gasteiger charge is -2.22. The lowest BCUT2D eigenvalue weighted by atomic mass is 9.90. The Bertz CT molecular complexity index is 152. The summed E-state index contributed by atoms with van der Waals surface area (Å²) in [5.41, 5.74) is 1.58. The quantitative estimate of drug-likeness (QED) is 0.421. The van der Waals surface area contributed by atoms with Gasteiger partial charge in [0.2, 0.25) is 0 Å². The Labute approximate surface area is 83.3 Å². The van der Waals surface area contributed by atoms with Crippen molar-refractivity contribution in [3.63, 3.8) is 0 Å². The SMILES string of the molecule is CC1=CCC(CN(C)I)CC1. The molecule has 64 valence electrons. The average Bonchev–Trinajstić information content (AvgIpc) is 1.93. The van der Waals surface area contributed by atoms with Gasteiger partial charge >= 0.3 is 0 Å². The van der Waals surface area contributed by atoms with E-state index in [-0.39, 0.29) is 0 Å². The predicted molar refractivity (Wildman–Crippen MR) is 57.7 cm³/mol. The average molecular weight is 265 g/mol. The Morgan fingerprint density at radius 1 is 1.73 bits per heavy atom. The molecule has 1 atom stereocenters. The van der Waals surface area contributed by atoms with Gasteiger partial charge in [0.05, 0.1) is 0 Å². The first-order valence-electron chi connectivity index (χ1n) is 4.21. The summed E-state index contributed by atoms with van der Waals surface area (Å²) in [6.07, 6.45) is 6.39. The highest BCUT2D eigenvalue weighted by Gasteiger charge is 2.12. The first-order valence-corrected chi connectivity index (χ1v) is 5.17. The van der Waals surface area contributed by atoms with Crippen LogP contribution < -0.4 is 0 Å². The molecule has 0 saturated carbocycles. The number of hydrogen-bond acceptors (Lipinski definition) is 1. The van der Waals surface area contributed by atoms with Gasteiger partial charge in [-0.25, -0.2) is 0 Å². The highest BCUT2D eigenvalue weighted by atomic mass is 127. The summed E-state index contributed by atoms with van der Waals surface area (Å²) >= 11 is 2.36. The van der Waals surface area contributed by atoms with Crippen LogP contribution in [0, 0.1) is 5.92 Å². The molecule has 1 rings (SSSR count). The van der Waals surface area contributed by atoms with E-state index in [0.29, 0.717) is 0 Å². The summed E-state index contributed by atoms with van der Waals surface area (Å²) in [4.78, 5) is 0. The lowest BCUT2D eigenvalue weighted by Crippen LogP contribution is -2.18. The second-order valence-electron chi connectivity index (χ2n) is 3.48. The number of halogens is 1. The van der Waals surface area contributed by atoms with Crippen LogP contribution in [0.25, 0.3) is 0 Å². The lowest BCUT2D eigenvalue weighted by molar-refractivity contribution is 0.397. The van der Waals surface area contributed by atoms with Crippen LogP contribution in [0.2, 0.25) is 0 Å². The zero-order valence-electron chi connectivity index (χ0n) is 7.31. The van der Waals surface area contributed by atoms with Gasteiger partial charge in [-0.3, -0.25) is 3.11 Å². The summed E-state index contributed by atoms with van der Waals surface area (Å²) in [5, 5.41) is 0. The Morgan fingerprint density at radius 2 is 2.45 bits per heavy atom. The normalized spacial score (nSPS) is 25.5. The van der Waals surface area contributed by atoms with Gasteiger partial charge in [0.15, 0.2) is 0 Å². The zero-order chi connectivity index (χ0) is 8.27. The molecule has 0 aromatic rings. The topological polar surface area (TPSA) is 3.24 Å². The van der Waals surface area contributed by atoms with Gasteiger partial charge in [0.1, 0.15) is 0 Å². The van der Waals surface area contributed by atoms with Crippen LogP contribution in [0.1, 0.15) is 26.2 Å². The maximum absolute atomic E-state index is 2.40. The zero-order valence-corrected chi connectivity index (χ0v) is 9.47. The number of nitrogens with zero attached hydrogens (tertiary/aromatic N) is 1. The minimum absolute atomic E-state index is 0.903. The van der Waals surface area contributed by atoms with Crippen molar-refractivity contribution in [2.75, 3.05) is 13.6 Å². The maximum Gasteiger partial charge on any atom is 0.0198 e. The number of rotatable bonds is 2. The van der Waals surface area contributed by atoms with E-state index in [1.165, 1.54) is 25.8 Å². The molecule has 0 spiro atoms. The molecule has 11 heavy (non-hydrogen) atoms. The van der Waals surface area contributed by atoms with Crippen LogP contribution in [-0.2, 0) is 0 Å². The van der Waals surface area contributed by atoms with Crippen molar-refractivity contribution >= 4 is 22.9 Å². The van der Waals surface area contributed by atoms with Crippen LogP contribution in [0.15, 0.2) is 11.6 Å². The van der Waals surface area contributed by atoms with Gasteiger partial charge in [-0.2, -0.15) is 0 Å². The molecule has 2 heteroatoms. The van der Waals surface area contributed by atoms with Crippen molar-refractivity contribution in [3.8, 4) is 0 Å². The van der Waals surface area contributed by atoms with Crippen LogP contribution in [0.3, 0.4) is 0 Å². The van der Waals surface area contributed by atoms with Gasteiger partial charge in [0, 0.05) is 29.4 Å².